The molecule has 1 rings (SSSR count). The third kappa shape index (κ3) is 1.71. The fourth-order valence-electron chi connectivity index (χ4n) is 0.781. The summed E-state index contributed by atoms with van der Waals surface area (Å²) in [6.45, 7) is 0. The maximum absolute atomic E-state index is 10.9. The molecule has 12 heavy (non-hydrogen) atoms. The van der Waals surface area contributed by atoms with Crippen molar-refractivity contribution in [3.63, 3.8) is 0 Å². The summed E-state index contributed by atoms with van der Waals surface area (Å²) >= 11 is 3.95. The summed E-state index contributed by atoms with van der Waals surface area (Å²) in [5.41, 5.74) is 5.52. The van der Waals surface area contributed by atoms with Crippen LogP contribution in [0.4, 0.5) is 5.69 Å². The maximum Gasteiger partial charge on any atom is 0.240 e. The minimum absolute atomic E-state index is 0.0864. The predicted octanol–water partition coefficient (Wildman–Crippen LogP) is 0.205. The van der Waals surface area contributed by atoms with Crippen molar-refractivity contribution in [2.45, 2.75) is 9.79 Å². The van der Waals surface area contributed by atoms with Crippen molar-refractivity contribution < 1.29 is 8.42 Å². The molecule has 0 aliphatic rings. The van der Waals surface area contributed by atoms with Crippen LogP contribution in [0.25, 0.3) is 0 Å². The highest BCUT2D eigenvalue weighted by atomic mass is 32.2. The quantitative estimate of drug-likeness (QED) is 0.451. The van der Waals surface area contributed by atoms with Crippen LogP contribution in [0.1, 0.15) is 0 Å². The molecule has 0 radical (unpaired) electrons. The second kappa shape index (κ2) is 2.96. The van der Waals surface area contributed by atoms with Gasteiger partial charge in [0.2, 0.25) is 10.0 Å². The normalized spacial score (nSPS) is 11.5. The van der Waals surface area contributed by atoms with Gasteiger partial charge in [-0.2, -0.15) is 0 Å². The van der Waals surface area contributed by atoms with Gasteiger partial charge < -0.3 is 5.73 Å². The van der Waals surface area contributed by atoms with Gasteiger partial charge in [0.25, 0.3) is 0 Å². The zero-order valence-electron chi connectivity index (χ0n) is 6.06. The first kappa shape index (κ1) is 9.37. The molecule has 0 saturated carbocycles. The third-order valence-electron chi connectivity index (χ3n) is 1.35. The van der Waals surface area contributed by atoms with Gasteiger partial charge in [-0.3, -0.25) is 0 Å². The lowest BCUT2D eigenvalue weighted by molar-refractivity contribution is 0.598. The van der Waals surface area contributed by atoms with E-state index in [9.17, 15) is 8.42 Å². The van der Waals surface area contributed by atoms with E-state index in [-0.39, 0.29) is 10.6 Å². The summed E-state index contributed by atoms with van der Waals surface area (Å²) in [5, 5.41) is 4.88. The third-order valence-corrected chi connectivity index (χ3v) is 2.71. The number of sulfonamides is 1. The molecule has 66 valence electrons. The number of para-hydroxylation sites is 1. The van der Waals surface area contributed by atoms with Crippen molar-refractivity contribution in [3.8, 4) is 0 Å². The summed E-state index contributed by atoms with van der Waals surface area (Å²) in [4.78, 5) is 0.316. The van der Waals surface area contributed by atoms with Gasteiger partial charge in [0.15, 0.2) is 0 Å². The molecule has 0 unspecified atom stereocenters. The van der Waals surface area contributed by atoms with Crippen molar-refractivity contribution >= 4 is 28.3 Å². The Hall–Kier alpha value is -0.720. The van der Waals surface area contributed by atoms with Crippen LogP contribution in [-0.4, -0.2) is 8.42 Å². The van der Waals surface area contributed by atoms with Crippen LogP contribution >= 0.6 is 12.6 Å². The maximum atomic E-state index is 10.9. The number of anilines is 1. The molecule has 4 N–H and O–H groups in total. The molecular weight excluding hydrogens is 196 g/mol. The van der Waals surface area contributed by atoms with E-state index in [2.05, 4.69) is 12.6 Å². The number of benzene rings is 1. The lowest BCUT2D eigenvalue weighted by Crippen LogP contribution is -2.14. The Morgan fingerprint density at radius 3 is 2.33 bits per heavy atom. The molecule has 1 aromatic rings. The van der Waals surface area contributed by atoms with Crippen molar-refractivity contribution in [2.75, 3.05) is 5.73 Å². The monoisotopic (exact) mass is 204 g/mol. The van der Waals surface area contributed by atoms with E-state index in [1.807, 2.05) is 0 Å². The van der Waals surface area contributed by atoms with Crippen LogP contribution in [0, 0.1) is 0 Å². The van der Waals surface area contributed by atoms with Gasteiger partial charge >= 0.3 is 0 Å². The molecule has 0 heterocycles. The van der Waals surface area contributed by atoms with E-state index in [1.54, 1.807) is 6.07 Å². The molecule has 0 amide bonds. The van der Waals surface area contributed by atoms with Crippen LogP contribution in [0.5, 0.6) is 0 Å². The molecule has 4 nitrogen and oxygen atoms in total. The topological polar surface area (TPSA) is 86.2 Å². The van der Waals surface area contributed by atoms with E-state index in [0.717, 1.165) is 0 Å². The Labute approximate surface area is 76.0 Å². The van der Waals surface area contributed by atoms with Crippen LogP contribution in [0.3, 0.4) is 0 Å². The molecule has 0 spiro atoms. The molecule has 0 atom stereocenters. The second-order valence-electron chi connectivity index (χ2n) is 2.23. The van der Waals surface area contributed by atoms with Crippen molar-refractivity contribution in [1.29, 1.82) is 0 Å². The van der Waals surface area contributed by atoms with Crippen molar-refractivity contribution in [2.24, 2.45) is 5.14 Å². The van der Waals surface area contributed by atoms with E-state index in [1.165, 1.54) is 12.1 Å². The van der Waals surface area contributed by atoms with Crippen LogP contribution in [0.2, 0.25) is 0 Å². The predicted molar refractivity (Wildman–Crippen MR) is 49.5 cm³/mol. The zero-order chi connectivity index (χ0) is 9.35. The lowest BCUT2D eigenvalue weighted by atomic mass is 10.3. The van der Waals surface area contributed by atoms with Crippen LogP contribution < -0.4 is 10.9 Å². The van der Waals surface area contributed by atoms with Gasteiger partial charge in [0.1, 0.15) is 4.90 Å². The minimum atomic E-state index is -3.73. The molecular formula is C6H8N2O2S2. The van der Waals surface area contributed by atoms with Crippen LogP contribution in [-0.2, 0) is 10.0 Å². The Balaban J connectivity index is 3.47. The molecule has 0 saturated heterocycles. The number of hydrogen-bond acceptors (Lipinski definition) is 4. The lowest BCUT2D eigenvalue weighted by Gasteiger charge is -2.03. The highest BCUT2D eigenvalue weighted by Crippen LogP contribution is 2.23. The summed E-state index contributed by atoms with van der Waals surface area (Å²) in [6, 6.07) is 4.45. The number of hydrogen-bond donors (Lipinski definition) is 3. The fraction of sp³-hybridized carbons (Fsp3) is 0. The molecule has 0 fully saturated rings. The highest BCUT2D eigenvalue weighted by molar-refractivity contribution is 7.89. The zero-order valence-corrected chi connectivity index (χ0v) is 7.77. The summed E-state index contributed by atoms with van der Waals surface area (Å²) in [6.07, 6.45) is 0. The van der Waals surface area contributed by atoms with E-state index in [0.29, 0.717) is 4.90 Å². The number of thiol groups is 1. The van der Waals surface area contributed by atoms with Gasteiger partial charge in [0, 0.05) is 4.90 Å². The number of nitrogens with two attached hydrogens (primary N) is 2. The molecule has 0 bridgehead atoms. The first-order chi connectivity index (χ1) is 5.43. The number of nitrogen functional groups attached to an aromatic ring is 1. The van der Waals surface area contributed by atoms with E-state index >= 15 is 0 Å². The smallest absolute Gasteiger partial charge is 0.240 e. The van der Waals surface area contributed by atoms with Crippen molar-refractivity contribution in [3.05, 3.63) is 18.2 Å². The SMILES string of the molecule is Nc1c(S)cccc1S(N)(=O)=O. The van der Waals surface area contributed by atoms with Crippen LogP contribution in [0.15, 0.2) is 28.0 Å². The highest BCUT2D eigenvalue weighted by Gasteiger charge is 2.12. The molecule has 1 aromatic carbocycles. The van der Waals surface area contributed by atoms with Gasteiger partial charge in [0.05, 0.1) is 5.69 Å². The fourth-order valence-corrected chi connectivity index (χ4v) is 1.75. The van der Waals surface area contributed by atoms with Gasteiger partial charge in [-0.25, -0.2) is 13.6 Å². The first-order valence-corrected chi connectivity index (χ1v) is 5.02. The van der Waals surface area contributed by atoms with Gasteiger partial charge in [-0.1, -0.05) is 6.07 Å². The molecule has 0 aliphatic heterocycles. The Morgan fingerprint density at radius 1 is 1.33 bits per heavy atom. The molecule has 0 aliphatic carbocycles. The Kier molecular flexibility index (Phi) is 2.31. The van der Waals surface area contributed by atoms with E-state index < -0.39 is 10.0 Å². The van der Waals surface area contributed by atoms with Crippen molar-refractivity contribution in [1.82, 2.24) is 0 Å². The number of primary sulfonamides is 1. The average molecular weight is 204 g/mol. The summed E-state index contributed by atoms with van der Waals surface area (Å²) < 4.78 is 21.7. The largest absolute Gasteiger partial charge is 0.397 e. The number of rotatable bonds is 1. The summed E-state index contributed by atoms with van der Waals surface area (Å²) in [5.74, 6) is 0. The Bertz CT molecular complexity index is 400. The second-order valence-corrected chi connectivity index (χ2v) is 4.25. The molecule has 0 aromatic heterocycles. The molecule has 6 heteroatoms. The van der Waals surface area contributed by atoms with Gasteiger partial charge in [-0.05, 0) is 12.1 Å². The average Bonchev–Trinajstić information content (AvgIpc) is 1.92. The standard InChI is InChI=1S/C6H8N2O2S2/c7-6-4(11)2-1-3-5(6)12(8,9)10/h1-3,11H,7H2,(H2,8,9,10). The van der Waals surface area contributed by atoms with E-state index in [4.69, 9.17) is 10.9 Å². The Morgan fingerprint density at radius 2 is 1.92 bits per heavy atom. The summed E-state index contributed by atoms with van der Waals surface area (Å²) in [7, 11) is -3.73. The first-order valence-electron chi connectivity index (χ1n) is 3.03. The minimum Gasteiger partial charge on any atom is -0.397 e. The van der Waals surface area contributed by atoms with Gasteiger partial charge in [-0.15, -0.1) is 12.6 Å².